The molecular weight excluding hydrogens is 252 g/mol. The van der Waals surface area contributed by atoms with E-state index in [0.717, 1.165) is 4.57 Å². The number of anilines is 1. The second-order valence-electron chi connectivity index (χ2n) is 4.02. The van der Waals surface area contributed by atoms with Crippen molar-refractivity contribution in [2.75, 3.05) is 18.9 Å². The highest BCUT2D eigenvalue weighted by atomic mass is 16.2. The van der Waals surface area contributed by atoms with Crippen molar-refractivity contribution in [2.24, 2.45) is 14.1 Å². The maximum atomic E-state index is 11.9. The first-order valence-corrected chi connectivity index (χ1v) is 5.56. The number of imidazole rings is 1. The van der Waals surface area contributed by atoms with Gasteiger partial charge in [-0.05, 0) is 0 Å². The lowest BCUT2D eigenvalue weighted by molar-refractivity contribution is -0.118. The molecule has 2 rings (SSSR count). The zero-order chi connectivity index (χ0) is 14.2. The van der Waals surface area contributed by atoms with E-state index >= 15 is 0 Å². The molecule has 1 amide bonds. The molecule has 0 spiro atoms. The maximum Gasteiger partial charge on any atom is 0.332 e. The summed E-state index contributed by atoms with van der Waals surface area (Å²) < 4.78 is 2.25. The van der Waals surface area contributed by atoms with E-state index in [9.17, 15) is 14.4 Å². The van der Waals surface area contributed by atoms with Gasteiger partial charge in [-0.25, -0.2) is 4.79 Å². The SMILES string of the molecule is CNC(=O)CNc1nc2c([nH]1)c(=O)n(C)c(=O)n2C. The Morgan fingerprint density at radius 3 is 2.63 bits per heavy atom. The average Bonchev–Trinajstić information content (AvgIpc) is 2.84. The first-order valence-electron chi connectivity index (χ1n) is 5.56. The normalized spacial score (nSPS) is 10.7. The molecule has 0 bridgehead atoms. The van der Waals surface area contributed by atoms with Crippen LogP contribution in [0.2, 0.25) is 0 Å². The van der Waals surface area contributed by atoms with Crippen LogP contribution in [-0.2, 0) is 18.9 Å². The Morgan fingerprint density at radius 2 is 2.00 bits per heavy atom. The van der Waals surface area contributed by atoms with Crippen molar-refractivity contribution in [1.82, 2.24) is 24.4 Å². The van der Waals surface area contributed by atoms with Gasteiger partial charge in [0, 0.05) is 21.1 Å². The molecule has 3 N–H and O–H groups in total. The number of nitrogens with zero attached hydrogens (tertiary/aromatic N) is 3. The molecule has 9 nitrogen and oxygen atoms in total. The van der Waals surface area contributed by atoms with Gasteiger partial charge in [-0.1, -0.05) is 0 Å². The number of likely N-dealkylation sites (N-methyl/N-ethyl adjacent to an activating group) is 1. The standard InChI is InChI=1S/C10H14N6O3/c1-11-5(17)4-12-9-13-6-7(14-9)15(2)10(19)16(3)8(6)18/h4H2,1-3H3,(H,11,17)(H2,12,13,14). The summed E-state index contributed by atoms with van der Waals surface area (Å²) in [5.74, 6) is 0.0409. The fourth-order valence-corrected chi connectivity index (χ4v) is 1.66. The van der Waals surface area contributed by atoms with Gasteiger partial charge in [-0.15, -0.1) is 0 Å². The zero-order valence-corrected chi connectivity index (χ0v) is 10.8. The Labute approximate surface area is 107 Å². The molecule has 102 valence electrons. The predicted molar refractivity (Wildman–Crippen MR) is 69.1 cm³/mol. The number of rotatable bonds is 3. The summed E-state index contributed by atoms with van der Waals surface area (Å²) in [6.07, 6.45) is 0. The van der Waals surface area contributed by atoms with Gasteiger partial charge in [0.15, 0.2) is 11.2 Å². The number of carbonyl (C=O) groups is 1. The molecule has 19 heavy (non-hydrogen) atoms. The molecule has 0 saturated heterocycles. The molecule has 2 aromatic heterocycles. The van der Waals surface area contributed by atoms with Gasteiger partial charge >= 0.3 is 5.69 Å². The van der Waals surface area contributed by atoms with Crippen LogP contribution in [0.15, 0.2) is 9.59 Å². The predicted octanol–water partition coefficient (Wildman–Crippen LogP) is -1.88. The van der Waals surface area contributed by atoms with Crippen molar-refractivity contribution in [1.29, 1.82) is 0 Å². The molecule has 0 saturated carbocycles. The number of aromatic amines is 1. The summed E-state index contributed by atoms with van der Waals surface area (Å²) in [5, 5.41) is 5.18. The Morgan fingerprint density at radius 1 is 1.32 bits per heavy atom. The van der Waals surface area contributed by atoms with Crippen molar-refractivity contribution in [2.45, 2.75) is 0 Å². The van der Waals surface area contributed by atoms with Gasteiger partial charge in [-0.2, -0.15) is 4.98 Å². The molecule has 0 aliphatic heterocycles. The smallest absolute Gasteiger partial charge is 0.332 e. The number of nitrogens with one attached hydrogen (secondary N) is 3. The fourth-order valence-electron chi connectivity index (χ4n) is 1.66. The van der Waals surface area contributed by atoms with Crippen LogP contribution in [-0.4, -0.2) is 38.6 Å². The zero-order valence-electron chi connectivity index (χ0n) is 10.8. The van der Waals surface area contributed by atoms with E-state index in [2.05, 4.69) is 20.6 Å². The highest BCUT2D eigenvalue weighted by Crippen LogP contribution is 2.07. The number of fused-ring (bicyclic) bond motifs is 1. The summed E-state index contributed by atoms with van der Waals surface area (Å²) in [7, 11) is 4.43. The van der Waals surface area contributed by atoms with Crippen LogP contribution in [0.5, 0.6) is 0 Å². The molecule has 2 heterocycles. The minimum absolute atomic E-state index is 0.0184. The second kappa shape index (κ2) is 4.59. The highest BCUT2D eigenvalue weighted by molar-refractivity contribution is 5.80. The van der Waals surface area contributed by atoms with Gasteiger partial charge in [0.05, 0.1) is 6.54 Å². The number of carbonyl (C=O) groups excluding carboxylic acids is 1. The molecule has 9 heteroatoms. The van der Waals surface area contributed by atoms with E-state index in [0.29, 0.717) is 0 Å². The van der Waals surface area contributed by atoms with Crippen LogP contribution < -0.4 is 21.9 Å². The van der Waals surface area contributed by atoms with E-state index in [-0.39, 0.29) is 29.6 Å². The number of aromatic nitrogens is 4. The largest absolute Gasteiger partial charge is 0.358 e. The van der Waals surface area contributed by atoms with Crippen molar-refractivity contribution < 1.29 is 4.79 Å². The van der Waals surface area contributed by atoms with Crippen molar-refractivity contribution in [3.05, 3.63) is 20.8 Å². The molecule has 2 aromatic rings. The summed E-state index contributed by atoms with van der Waals surface area (Å²) in [4.78, 5) is 41.5. The number of hydrogen-bond donors (Lipinski definition) is 3. The van der Waals surface area contributed by atoms with Crippen LogP contribution in [0, 0.1) is 0 Å². The Bertz CT molecular complexity index is 753. The Kier molecular flexibility index (Phi) is 3.11. The van der Waals surface area contributed by atoms with E-state index in [1.54, 1.807) is 0 Å². The summed E-state index contributed by atoms with van der Waals surface area (Å²) in [5.41, 5.74) is -0.461. The molecule has 0 unspecified atom stereocenters. The topological polar surface area (TPSA) is 114 Å². The number of H-pyrrole nitrogens is 1. The number of amides is 1. The lowest BCUT2D eigenvalue weighted by Crippen LogP contribution is -2.36. The van der Waals surface area contributed by atoms with E-state index < -0.39 is 11.2 Å². The highest BCUT2D eigenvalue weighted by Gasteiger charge is 2.13. The Balaban J connectivity index is 2.49. The van der Waals surface area contributed by atoms with Crippen LogP contribution >= 0.6 is 0 Å². The first-order chi connectivity index (χ1) is 8.95. The van der Waals surface area contributed by atoms with Crippen LogP contribution in [0.1, 0.15) is 0 Å². The van der Waals surface area contributed by atoms with Crippen molar-refractivity contribution in [3.8, 4) is 0 Å². The first kappa shape index (κ1) is 12.9. The molecule has 0 fully saturated rings. The lowest BCUT2D eigenvalue weighted by Gasteiger charge is -2.00. The maximum absolute atomic E-state index is 11.9. The molecule has 0 aromatic carbocycles. The van der Waals surface area contributed by atoms with Gasteiger partial charge in [0.25, 0.3) is 5.56 Å². The van der Waals surface area contributed by atoms with E-state index in [4.69, 9.17) is 0 Å². The second-order valence-corrected chi connectivity index (χ2v) is 4.02. The van der Waals surface area contributed by atoms with Gasteiger partial charge in [0.2, 0.25) is 11.9 Å². The van der Waals surface area contributed by atoms with Crippen LogP contribution in [0.25, 0.3) is 11.2 Å². The lowest BCUT2D eigenvalue weighted by atomic mass is 10.5. The van der Waals surface area contributed by atoms with Crippen LogP contribution in [0.4, 0.5) is 5.95 Å². The molecule has 0 atom stereocenters. The summed E-state index contributed by atoms with van der Waals surface area (Å²) in [6, 6.07) is 0. The summed E-state index contributed by atoms with van der Waals surface area (Å²) in [6.45, 7) is 0.0184. The van der Waals surface area contributed by atoms with Crippen molar-refractivity contribution in [3.63, 3.8) is 0 Å². The minimum atomic E-state index is -0.460. The Hall–Kier alpha value is -2.58. The molecule has 0 radical (unpaired) electrons. The third-order valence-corrected chi connectivity index (χ3v) is 2.79. The number of aryl methyl sites for hydroxylation is 1. The van der Waals surface area contributed by atoms with Crippen LogP contribution in [0.3, 0.4) is 0 Å². The monoisotopic (exact) mass is 266 g/mol. The fraction of sp³-hybridized carbons (Fsp3) is 0.400. The quantitative estimate of drug-likeness (QED) is 0.601. The molecule has 0 aliphatic carbocycles. The number of hydrogen-bond acceptors (Lipinski definition) is 5. The third-order valence-electron chi connectivity index (χ3n) is 2.79. The average molecular weight is 266 g/mol. The van der Waals surface area contributed by atoms with Crippen molar-refractivity contribution >= 4 is 23.0 Å². The minimum Gasteiger partial charge on any atom is -0.358 e. The molecular formula is C10H14N6O3. The summed E-state index contributed by atoms with van der Waals surface area (Å²) >= 11 is 0. The van der Waals surface area contributed by atoms with E-state index in [1.807, 2.05) is 0 Å². The molecule has 0 aliphatic rings. The third kappa shape index (κ3) is 2.09. The van der Waals surface area contributed by atoms with Gasteiger partial charge < -0.3 is 15.6 Å². The van der Waals surface area contributed by atoms with E-state index in [1.165, 1.54) is 25.7 Å². The van der Waals surface area contributed by atoms with Gasteiger partial charge in [0.1, 0.15) is 0 Å². The van der Waals surface area contributed by atoms with Gasteiger partial charge in [-0.3, -0.25) is 18.7 Å².